The Morgan fingerprint density at radius 3 is 2.72 bits per heavy atom. The molecular weight excluding hydrogens is 301 g/mol. The van der Waals surface area contributed by atoms with Gasteiger partial charge in [0.2, 0.25) is 5.88 Å². The monoisotopic (exact) mass is 309 g/mol. The van der Waals surface area contributed by atoms with Crippen molar-refractivity contribution in [1.82, 2.24) is 4.98 Å². The SMILES string of the molecule is N=C(N)c1ccc(Oc2cc(F)ccc2Br)nc1. The molecule has 6 heteroatoms. The zero-order chi connectivity index (χ0) is 13.1. The summed E-state index contributed by atoms with van der Waals surface area (Å²) < 4.78 is 19.1. The van der Waals surface area contributed by atoms with E-state index in [1.54, 1.807) is 18.2 Å². The molecule has 0 radical (unpaired) electrons. The van der Waals surface area contributed by atoms with Gasteiger partial charge in [-0.05, 0) is 34.1 Å². The van der Waals surface area contributed by atoms with E-state index in [-0.39, 0.29) is 5.84 Å². The number of aromatic nitrogens is 1. The van der Waals surface area contributed by atoms with Crippen LogP contribution in [0.3, 0.4) is 0 Å². The predicted octanol–water partition coefficient (Wildman–Crippen LogP) is 3.06. The lowest BCUT2D eigenvalue weighted by Crippen LogP contribution is -2.11. The largest absolute Gasteiger partial charge is 0.438 e. The number of ether oxygens (including phenoxy) is 1. The Hall–Kier alpha value is -1.95. The van der Waals surface area contributed by atoms with Crippen LogP contribution in [0.15, 0.2) is 41.0 Å². The molecule has 0 aliphatic rings. The maximum absolute atomic E-state index is 13.1. The Labute approximate surface area is 111 Å². The van der Waals surface area contributed by atoms with Crippen molar-refractivity contribution in [3.05, 3.63) is 52.4 Å². The van der Waals surface area contributed by atoms with Crippen molar-refractivity contribution in [1.29, 1.82) is 5.41 Å². The van der Waals surface area contributed by atoms with E-state index in [1.165, 1.54) is 18.3 Å². The van der Waals surface area contributed by atoms with Crippen LogP contribution in [0.25, 0.3) is 0 Å². The Morgan fingerprint density at radius 2 is 2.11 bits per heavy atom. The molecule has 3 N–H and O–H groups in total. The third-order valence-electron chi connectivity index (χ3n) is 2.16. The minimum atomic E-state index is -0.395. The molecule has 0 saturated heterocycles. The number of nitrogen functional groups attached to an aromatic ring is 1. The molecule has 0 fully saturated rings. The molecule has 0 atom stereocenters. The van der Waals surface area contributed by atoms with Gasteiger partial charge in [-0.3, -0.25) is 5.41 Å². The molecule has 2 aromatic rings. The number of nitrogens with zero attached hydrogens (tertiary/aromatic N) is 1. The molecule has 0 bridgehead atoms. The molecule has 4 nitrogen and oxygen atoms in total. The van der Waals surface area contributed by atoms with Gasteiger partial charge in [-0.2, -0.15) is 0 Å². The molecule has 2 rings (SSSR count). The van der Waals surface area contributed by atoms with Crippen molar-refractivity contribution < 1.29 is 9.13 Å². The highest BCUT2D eigenvalue weighted by Gasteiger charge is 2.06. The fraction of sp³-hybridized carbons (Fsp3) is 0. The molecule has 0 amide bonds. The van der Waals surface area contributed by atoms with E-state index < -0.39 is 5.82 Å². The summed E-state index contributed by atoms with van der Waals surface area (Å²) >= 11 is 3.25. The highest BCUT2D eigenvalue weighted by Crippen LogP contribution is 2.29. The highest BCUT2D eigenvalue weighted by molar-refractivity contribution is 9.10. The van der Waals surface area contributed by atoms with Gasteiger partial charge in [-0.1, -0.05) is 0 Å². The number of pyridine rings is 1. The first-order valence-corrected chi connectivity index (χ1v) is 5.79. The van der Waals surface area contributed by atoms with Crippen molar-refractivity contribution in [2.45, 2.75) is 0 Å². The zero-order valence-corrected chi connectivity index (χ0v) is 10.7. The summed E-state index contributed by atoms with van der Waals surface area (Å²) in [7, 11) is 0. The summed E-state index contributed by atoms with van der Waals surface area (Å²) in [5, 5.41) is 7.23. The maximum Gasteiger partial charge on any atom is 0.219 e. The van der Waals surface area contributed by atoms with Gasteiger partial charge in [0.25, 0.3) is 0 Å². The summed E-state index contributed by atoms with van der Waals surface area (Å²) in [6.45, 7) is 0. The second-order valence-electron chi connectivity index (χ2n) is 3.48. The van der Waals surface area contributed by atoms with Gasteiger partial charge >= 0.3 is 0 Å². The summed E-state index contributed by atoms with van der Waals surface area (Å²) in [5.74, 6) is 0.166. The first-order valence-electron chi connectivity index (χ1n) is 4.99. The van der Waals surface area contributed by atoms with Crippen LogP contribution >= 0.6 is 15.9 Å². The van der Waals surface area contributed by atoms with Crippen molar-refractivity contribution in [3.63, 3.8) is 0 Å². The number of halogens is 2. The molecule has 0 saturated carbocycles. The Morgan fingerprint density at radius 1 is 1.33 bits per heavy atom. The minimum absolute atomic E-state index is 0.0685. The summed E-state index contributed by atoms with van der Waals surface area (Å²) in [6, 6.07) is 7.30. The van der Waals surface area contributed by atoms with Crippen LogP contribution < -0.4 is 10.5 Å². The molecule has 0 spiro atoms. The normalized spacial score (nSPS) is 10.1. The van der Waals surface area contributed by atoms with Crippen molar-refractivity contribution in [3.8, 4) is 11.6 Å². The molecule has 0 unspecified atom stereocenters. The van der Waals surface area contributed by atoms with Crippen LogP contribution in [-0.4, -0.2) is 10.8 Å². The Balaban J connectivity index is 2.23. The topological polar surface area (TPSA) is 72.0 Å². The fourth-order valence-electron chi connectivity index (χ4n) is 1.27. The second kappa shape index (κ2) is 5.14. The third kappa shape index (κ3) is 2.84. The molecule has 92 valence electrons. The predicted molar refractivity (Wildman–Crippen MR) is 69.4 cm³/mol. The number of hydrogen-bond acceptors (Lipinski definition) is 3. The van der Waals surface area contributed by atoms with Gasteiger partial charge in [0.1, 0.15) is 17.4 Å². The standard InChI is InChI=1S/C12H9BrFN3O/c13-9-3-2-8(14)5-10(9)18-11-4-1-7(6-17-11)12(15)16/h1-6H,(H3,15,16). The first-order chi connectivity index (χ1) is 8.56. The van der Waals surface area contributed by atoms with Crippen molar-refractivity contribution in [2.75, 3.05) is 0 Å². The molecule has 0 aliphatic heterocycles. The quantitative estimate of drug-likeness (QED) is 0.676. The second-order valence-corrected chi connectivity index (χ2v) is 4.33. The van der Waals surface area contributed by atoms with Crippen LogP contribution in [0.1, 0.15) is 5.56 Å². The summed E-state index contributed by atoms with van der Waals surface area (Å²) in [6.07, 6.45) is 1.42. The van der Waals surface area contributed by atoms with Crippen LogP contribution in [0, 0.1) is 11.2 Å². The lowest BCUT2D eigenvalue weighted by molar-refractivity contribution is 0.455. The Bertz CT molecular complexity index is 586. The van der Waals surface area contributed by atoms with Crippen molar-refractivity contribution in [2.24, 2.45) is 5.73 Å². The minimum Gasteiger partial charge on any atom is -0.438 e. The van der Waals surface area contributed by atoms with E-state index in [9.17, 15) is 4.39 Å². The van der Waals surface area contributed by atoms with Crippen LogP contribution in [0.2, 0.25) is 0 Å². The van der Waals surface area contributed by atoms with E-state index in [2.05, 4.69) is 20.9 Å². The van der Waals surface area contributed by atoms with E-state index in [0.717, 1.165) is 0 Å². The number of nitrogens with two attached hydrogens (primary N) is 1. The average Bonchev–Trinajstić information content (AvgIpc) is 2.34. The van der Waals surface area contributed by atoms with E-state index >= 15 is 0 Å². The van der Waals surface area contributed by atoms with Crippen LogP contribution in [0.5, 0.6) is 11.6 Å². The Kier molecular flexibility index (Phi) is 3.57. The van der Waals surface area contributed by atoms with Gasteiger partial charge in [-0.25, -0.2) is 9.37 Å². The summed E-state index contributed by atoms with van der Waals surface area (Å²) in [5.41, 5.74) is 5.81. The fourth-order valence-corrected chi connectivity index (χ4v) is 1.60. The van der Waals surface area contributed by atoms with Crippen LogP contribution in [0.4, 0.5) is 4.39 Å². The first kappa shape index (κ1) is 12.5. The van der Waals surface area contributed by atoms with Crippen molar-refractivity contribution >= 4 is 21.8 Å². The summed E-state index contributed by atoms with van der Waals surface area (Å²) in [4.78, 5) is 3.98. The van der Waals surface area contributed by atoms with Crippen LogP contribution in [-0.2, 0) is 0 Å². The number of rotatable bonds is 3. The van der Waals surface area contributed by atoms with E-state index in [1.807, 2.05) is 0 Å². The number of amidine groups is 1. The molecular formula is C12H9BrFN3O. The molecule has 0 aliphatic carbocycles. The number of hydrogen-bond donors (Lipinski definition) is 2. The lowest BCUT2D eigenvalue weighted by atomic mass is 10.3. The van der Waals surface area contributed by atoms with Gasteiger partial charge in [0.05, 0.1) is 4.47 Å². The van der Waals surface area contributed by atoms with E-state index in [0.29, 0.717) is 21.7 Å². The third-order valence-corrected chi connectivity index (χ3v) is 2.81. The smallest absolute Gasteiger partial charge is 0.219 e. The van der Waals surface area contributed by atoms with Gasteiger partial charge < -0.3 is 10.5 Å². The van der Waals surface area contributed by atoms with Gasteiger partial charge in [0.15, 0.2) is 0 Å². The molecule has 1 heterocycles. The zero-order valence-electron chi connectivity index (χ0n) is 9.15. The van der Waals surface area contributed by atoms with Gasteiger partial charge in [0, 0.05) is 23.9 Å². The lowest BCUT2D eigenvalue weighted by Gasteiger charge is -2.07. The molecule has 1 aromatic heterocycles. The highest BCUT2D eigenvalue weighted by atomic mass is 79.9. The molecule has 1 aromatic carbocycles. The maximum atomic E-state index is 13.1. The molecule has 18 heavy (non-hydrogen) atoms. The number of nitrogens with one attached hydrogen (secondary N) is 1. The average molecular weight is 310 g/mol. The number of benzene rings is 1. The van der Waals surface area contributed by atoms with Gasteiger partial charge in [-0.15, -0.1) is 0 Å². The van der Waals surface area contributed by atoms with E-state index in [4.69, 9.17) is 15.9 Å².